The Morgan fingerprint density at radius 2 is 2.19 bits per heavy atom. The van der Waals surface area contributed by atoms with E-state index in [2.05, 4.69) is 15.7 Å². The van der Waals surface area contributed by atoms with Gasteiger partial charge in [-0.2, -0.15) is 5.10 Å². The lowest BCUT2D eigenvalue weighted by molar-refractivity contribution is 0.229. The number of urea groups is 1. The molecule has 0 aliphatic rings. The van der Waals surface area contributed by atoms with E-state index in [1.807, 2.05) is 0 Å². The number of halogens is 1. The van der Waals surface area contributed by atoms with Crippen LogP contribution in [0.1, 0.15) is 12.5 Å². The molecule has 0 radical (unpaired) electrons. The van der Waals surface area contributed by atoms with Gasteiger partial charge in [0.1, 0.15) is 11.6 Å². The minimum atomic E-state index is -0.452. The van der Waals surface area contributed by atoms with Gasteiger partial charge in [-0.15, -0.1) is 0 Å². The summed E-state index contributed by atoms with van der Waals surface area (Å²) >= 11 is 0. The van der Waals surface area contributed by atoms with Crippen LogP contribution in [0.25, 0.3) is 0 Å². The molecule has 6 nitrogen and oxygen atoms in total. The Kier molecular flexibility index (Phi) is 4.89. The number of rotatable bonds is 5. The van der Waals surface area contributed by atoms with Gasteiger partial charge in [0, 0.05) is 11.6 Å². The largest absolute Gasteiger partial charge is 0.394 e. The lowest BCUT2D eigenvalue weighted by Crippen LogP contribution is -2.38. The first-order valence-corrected chi connectivity index (χ1v) is 6.53. The first-order valence-electron chi connectivity index (χ1n) is 6.53. The Labute approximate surface area is 121 Å². The highest BCUT2D eigenvalue weighted by atomic mass is 19.1. The molecule has 0 fully saturated rings. The maximum atomic E-state index is 13.6. The average Bonchev–Trinajstić information content (AvgIpc) is 2.88. The molecular weight excluding hydrogens is 275 g/mol. The summed E-state index contributed by atoms with van der Waals surface area (Å²) in [5.41, 5.74) is 0.480. The van der Waals surface area contributed by atoms with Crippen LogP contribution in [0, 0.1) is 5.82 Å². The van der Waals surface area contributed by atoms with Crippen molar-refractivity contribution in [2.24, 2.45) is 0 Å². The van der Waals surface area contributed by atoms with Crippen LogP contribution in [0.15, 0.2) is 36.5 Å². The second kappa shape index (κ2) is 6.85. The van der Waals surface area contributed by atoms with Crippen molar-refractivity contribution in [3.05, 3.63) is 47.9 Å². The second-order valence-corrected chi connectivity index (χ2v) is 4.65. The fraction of sp³-hybridized carbons (Fsp3) is 0.286. The highest BCUT2D eigenvalue weighted by Crippen LogP contribution is 2.12. The topological polar surface area (TPSA) is 79.2 Å². The summed E-state index contributed by atoms with van der Waals surface area (Å²) < 4.78 is 15.1. The molecule has 2 rings (SSSR count). The molecule has 0 unspecified atom stereocenters. The van der Waals surface area contributed by atoms with Gasteiger partial charge in [-0.3, -0.25) is 5.32 Å². The predicted molar refractivity (Wildman–Crippen MR) is 76.4 cm³/mol. The molecular formula is C14H17FN4O2. The van der Waals surface area contributed by atoms with Gasteiger partial charge in [0.2, 0.25) is 0 Å². The number of nitrogens with zero attached hydrogens (tertiary/aromatic N) is 2. The number of amides is 2. The Bertz CT molecular complexity index is 615. The fourth-order valence-electron chi connectivity index (χ4n) is 1.77. The molecule has 2 aromatic rings. The van der Waals surface area contributed by atoms with Gasteiger partial charge in [0.15, 0.2) is 0 Å². The smallest absolute Gasteiger partial charge is 0.320 e. The monoisotopic (exact) mass is 292 g/mol. The minimum absolute atomic E-state index is 0.151. The number of carbonyl (C=O) groups is 1. The lowest BCUT2D eigenvalue weighted by Gasteiger charge is -2.13. The van der Waals surface area contributed by atoms with E-state index in [-0.39, 0.29) is 25.0 Å². The zero-order chi connectivity index (χ0) is 15.2. The zero-order valence-corrected chi connectivity index (χ0v) is 11.6. The van der Waals surface area contributed by atoms with Crippen LogP contribution in [0.5, 0.6) is 0 Å². The maximum absolute atomic E-state index is 13.6. The number of aliphatic hydroxyl groups excluding tert-OH is 1. The van der Waals surface area contributed by atoms with Crippen molar-refractivity contribution in [3.63, 3.8) is 0 Å². The van der Waals surface area contributed by atoms with Crippen LogP contribution in [0.3, 0.4) is 0 Å². The summed E-state index contributed by atoms with van der Waals surface area (Å²) in [5.74, 6) is 0.123. The lowest BCUT2D eigenvalue weighted by atomic mass is 10.2. The van der Waals surface area contributed by atoms with E-state index >= 15 is 0 Å². The van der Waals surface area contributed by atoms with Gasteiger partial charge < -0.3 is 10.4 Å². The van der Waals surface area contributed by atoms with Gasteiger partial charge in [-0.25, -0.2) is 13.9 Å². The van der Waals surface area contributed by atoms with Crippen molar-refractivity contribution in [3.8, 4) is 0 Å². The van der Waals surface area contributed by atoms with Gasteiger partial charge in [0.05, 0.1) is 25.4 Å². The van der Waals surface area contributed by atoms with E-state index < -0.39 is 6.03 Å². The van der Waals surface area contributed by atoms with Crippen LogP contribution in [-0.4, -0.2) is 33.6 Å². The molecule has 3 N–H and O–H groups in total. The van der Waals surface area contributed by atoms with Crippen LogP contribution >= 0.6 is 0 Å². The van der Waals surface area contributed by atoms with E-state index in [1.165, 1.54) is 16.9 Å². The van der Waals surface area contributed by atoms with E-state index in [4.69, 9.17) is 5.11 Å². The van der Waals surface area contributed by atoms with E-state index in [0.717, 1.165) is 0 Å². The van der Waals surface area contributed by atoms with Crippen molar-refractivity contribution < 1.29 is 14.3 Å². The molecule has 1 heterocycles. The van der Waals surface area contributed by atoms with Crippen molar-refractivity contribution in [2.75, 3.05) is 11.9 Å². The van der Waals surface area contributed by atoms with Crippen LogP contribution in [-0.2, 0) is 6.54 Å². The summed E-state index contributed by atoms with van der Waals surface area (Å²) in [4.78, 5) is 11.7. The van der Waals surface area contributed by atoms with Crippen molar-refractivity contribution in [2.45, 2.75) is 19.5 Å². The van der Waals surface area contributed by atoms with Crippen molar-refractivity contribution in [1.82, 2.24) is 15.1 Å². The number of aliphatic hydroxyl groups is 1. The molecule has 0 aliphatic carbocycles. The molecule has 0 aliphatic heterocycles. The normalized spacial score (nSPS) is 12.0. The molecule has 112 valence electrons. The van der Waals surface area contributed by atoms with E-state index in [0.29, 0.717) is 11.4 Å². The standard InChI is InChI=1S/C14H17FN4O2/c1-10(9-20)17-14(21)18-13-6-7-16-19(13)8-11-4-2-3-5-12(11)15/h2-7,10,20H,8-9H2,1H3,(H2,17,18,21)/t10-/m0/s1. The summed E-state index contributed by atoms with van der Waals surface area (Å²) in [7, 11) is 0. The number of anilines is 1. The van der Waals surface area contributed by atoms with Gasteiger partial charge in [-0.05, 0) is 13.0 Å². The molecule has 1 aromatic heterocycles. The SMILES string of the molecule is C[C@@H](CO)NC(=O)Nc1ccnn1Cc1ccccc1F. The molecule has 21 heavy (non-hydrogen) atoms. The van der Waals surface area contributed by atoms with Crippen LogP contribution in [0.4, 0.5) is 15.0 Å². The summed E-state index contributed by atoms with van der Waals surface area (Å²) in [5, 5.41) is 18.1. The van der Waals surface area contributed by atoms with E-state index in [1.54, 1.807) is 31.2 Å². The molecule has 0 saturated heterocycles. The third kappa shape index (κ3) is 4.03. The first kappa shape index (κ1) is 15.0. The fourth-order valence-corrected chi connectivity index (χ4v) is 1.77. The maximum Gasteiger partial charge on any atom is 0.320 e. The minimum Gasteiger partial charge on any atom is -0.394 e. The highest BCUT2D eigenvalue weighted by molar-refractivity contribution is 5.88. The highest BCUT2D eigenvalue weighted by Gasteiger charge is 2.11. The summed E-state index contributed by atoms with van der Waals surface area (Å²) in [6.07, 6.45) is 1.52. The Balaban J connectivity index is 2.05. The molecule has 7 heteroatoms. The number of aromatic nitrogens is 2. The van der Waals surface area contributed by atoms with Crippen molar-refractivity contribution in [1.29, 1.82) is 0 Å². The number of hydrogen-bond acceptors (Lipinski definition) is 3. The first-order chi connectivity index (χ1) is 10.1. The zero-order valence-electron chi connectivity index (χ0n) is 11.6. The van der Waals surface area contributed by atoms with Gasteiger partial charge in [0.25, 0.3) is 0 Å². The summed E-state index contributed by atoms with van der Waals surface area (Å²) in [6, 6.07) is 7.20. The number of nitrogens with one attached hydrogen (secondary N) is 2. The van der Waals surface area contributed by atoms with Crippen LogP contribution in [0.2, 0.25) is 0 Å². The number of carbonyl (C=O) groups excluding carboxylic acids is 1. The average molecular weight is 292 g/mol. The van der Waals surface area contributed by atoms with Gasteiger partial charge >= 0.3 is 6.03 Å². The number of benzene rings is 1. The molecule has 0 spiro atoms. The molecule has 1 atom stereocenters. The number of hydrogen-bond donors (Lipinski definition) is 3. The van der Waals surface area contributed by atoms with E-state index in [9.17, 15) is 9.18 Å². The summed E-state index contributed by atoms with van der Waals surface area (Å²) in [6.45, 7) is 1.74. The third-order valence-corrected chi connectivity index (χ3v) is 2.89. The van der Waals surface area contributed by atoms with Crippen molar-refractivity contribution >= 4 is 11.8 Å². The Hall–Kier alpha value is -2.41. The van der Waals surface area contributed by atoms with Crippen LogP contribution < -0.4 is 10.6 Å². The second-order valence-electron chi connectivity index (χ2n) is 4.65. The van der Waals surface area contributed by atoms with Gasteiger partial charge in [-0.1, -0.05) is 18.2 Å². The predicted octanol–water partition coefficient (Wildman–Crippen LogP) is 1.57. The molecule has 0 bridgehead atoms. The molecule has 0 saturated carbocycles. The Morgan fingerprint density at radius 1 is 1.43 bits per heavy atom. The molecule has 1 aromatic carbocycles. The quantitative estimate of drug-likeness (QED) is 0.782. The Morgan fingerprint density at radius 3 is 2.90 bits per heavy atom. The molecule has 2 amide bonds. The third-order valence-electron chi connectivity index (χ3n) is 2.89.